The van der Waals surface area contributed by atoms with E-state index in [9.17, 15) is 0 Å². The van der Waals surface area contributed by atoms with Crippen molar-refractivity contribution in [1.82, 2.24) is 0 Å². The maximum Gasteiger partial charge on any atom is -0.0102 e. The fourth-order valence-electron chi connectivity index (χ4n) is 5.64. The molecule has 3 rings (SSSR count). The monoisotopic (exact) mass is 386 g/mol. The third-order valence-corrected chi connectivity index (χ3v) is 7.37. The molecule has 2 aromatic carbocycles. The van der Waals surface area contributed by atoms with Gasteiger partial charge in [-0.2, -0.15) is 0 Å². The molecule has 1 aliphatic rings. The SMILES string of the molecule is C=C(CCc1ccc(C)cc1)C(CC)C1C(=C)C(C(C)c2ccccc2)C1CC. The molecular formula is C29H38. The molecule has 0 heteroatoms. The lowest BCUT2D eigenvalue weighted by atomic mass is 9.51. The summed E-state index contributed by atoms with van der Waals surface area (Å²) in [6.45, 7) is 18.4. The maximum absolute atomic E-state index is 4.61. The van der Waals surface area contributed by atoms with Gasteiger partial charge in [0.25, 0.3) is 0 Å². The summed E-state index contributed by atoms with van der Waals surface area (Å²) in [6, 6.07) is 19.9. The number of aryl methyl sites for hydroxylation is 2. The Morgan fingerprint density at radius 2 is 1.62 bits per heavy atom. The highest BCUT2D eigenvalue weighted by atomic mass is 14.5. The smallest absolute Gasteiger partial charge is 0.0102 e. The van der Waals surface area contributed by atoms with Gasteiger partial charge < -0.3 is 0 Å². The summed E-state index contributed by atoms with van der Waals surface area (Å²) in [5.41, 5.74) is 7.08. The quantitative estimate of drug-likeness (QED) is 0.381. The van der Waals surface area contributed by atoms with Gasteiger partial charge in [0.05, 0.1) is 0 Å². The summed E-state index contributed by atoms with van der Waals surface area (Å²) in [5, 5.41) is 0. The van der Waals surface area contributed by atoms with Crippen LogP contribution in [0.25, 0.3) is 0 Å². The zero-order chi connectivity index (χ0) is 21.0. The standard InChI is InChI=1S/C29H38/c1-7-26(21(4)16-19-24-17-14-20(3)15-18-24)29-23(6)28(27(29)8-2)22(5)25-12-10-9-11-13-25/h9-15,17-18,22,26-29H,4,6-8,16,19H2,1-3,5H3. The van der Waals surface area contributed by atoms with Crippen LogP contribution in [0.5, 0.6) is 0 Å². The van der Waals surface area contributed by atoms with Gasteiger partial charge in [0, 0.05) is 0 Å². The summed E-state index contributed by atoms with van der Waals surface area (Å²) >= 11 is 0. The van der Waals surface area contributed by atoms with Gasteiger partial charge in [0.2, 0.25) is 0 Å². The van der Waals surface area contributed by atoms with Crippen molar-refractivity contribution < 1.29 is 0 Å². The van der Waals surface area contributed by atoms with Crippen molar-refractivity contribution in [2.45, 2.75) is 59.3 Å². The minimum atomic E-state index is 0.545. The molecule has 0 bridgehead atoms. The van der Waals surface area contributed by atoms with Gasteiger partial charge in [0.1, 0.15) is 0 Å². The molecule has 0 nitrogen and oxygen atoms in total. The summed E-state index contributed by atoms with van der Waals surface area (Å²) < 4.78 is 0. The summed E-state index contributed by atoms with van der Waals surface area (Å²) in [4.78, 5) is 0. The second kappa shape index (κ2) is 9.61. The van der Waals surface area contributed by atoms with Gasteiger partial charge in [-0.05, 0) is 66.9 Å². The predicted molar refractivity (Wildman–Crippen MR) is 127 cm³/mol. The molecule has 0 aromatic heterocycles. The lowest BCUT2D eigenvalue weighted by Gasteiger charge is -2.53. The Morgan fingerprint density at radius 3 is 2.21 bits per heavy atom. The lowest BCUT2D eigenvalue weighted by Crippen LogP contribution is -2.45. The van der Waals surface area contributed by atoms with Gasteiger partial charge in [0.15, 0.2) is 0 Å². The van der Waals surface area contributed by atoms with Gasteiger partial charge in [-0.3, -0.25) is 0 Å². The highest BCUT2D eigenvalue weighted by Gasteiger charge is 2.49. The highest BCUT2D eigenvalue weighted by Crippen LogP contribution is 2.57. The largest absolute Gasteiger partial charge is 0.0995 e. The lowest BCUT2D eigenvalue weighted by molar-refractivity contribution is 0.0997. The van der Waals surface area contributed by atoms with Crippen LogP contribution in [0, 0.1) is 30.6 Å². The number of allylic oxidation sites excluding steroid dienone is 2. The van der Waals surface area contributed by atoms with Crippen LogP contribution in [0.15, 0.2) is 78.9 Å². The van der Waals surface area contributed by atoms with E-state index >= 15 is 0 Å². The molecule has 0 saturated heterocycles. The van der Waals surface area contributed by atoms with Crippen molar-refractivity contribution in [1.29, 1.82) is 0 Å². The van der Waals surface area contributed by atoms with Crippen LogP contribution < -0.4 is 0 Å². The molecular weight excluding hydrogens is 348 g/mol. The van der Waals surface area contributed by atoms with Crippen molar-refractivity contribution in [2.75, 3.05) is 0 Å². The average molecular weight is 387 g/mol. The van der Waals surface area contributed by atoms with Crippen LogP contribution in [0.2, 0.25) is 0 Å². The van der Waals surface area contributed by atoms with Crippen molar-refractivity contribution >= 4 is 0 Å². The van der Waals surface area contributed by atoms with Crippen LogP contribution in [-0.2, 0) is 6.42 Å². The van der Waals surface area contributed by atoms with E-state index in [0.29, 0.717) is 23.7 Å². The third kappa shape index (κ3) is 4.58. The molecule has 29 heavy (non-hydrogen) atoms. The van der Waals surface area contributed by atoms with Crippen LogP contribution in [0.4, 0.5) is 0 Å². The van der Waals surface area contributed by atoms with Crippen LogP contribution in [0.3, 0.4) is 0 Å². The van der Waals surface area contributed by atoms with E-state index in [0.717, 1.165) is 18.8 Å². The number of benzene rings is 2. The molecule has 0 heterocycles. The normalized spacial score (nSPS) is 23.3. The summed E-state index contributed by atoms with van der Waals surface area (Å²) in [6.07, 6.45) is 4.57. The molecule has 1 aliphatic carbocycles. The highest BCUT2D eigenvalue weighted by molar-refractivity contribution is 5.32. The van der Waals surface area contributed by atoms with E-state index in [1.807, 2.05) is 0 Å². The molecule has 0 spiro atoms. The first-order chi connectivity index (χ1) is 14.0. The Kier molecular flexibility index (Phi) is 7.17. The molecule has 0 amide bonds. The zero-order valence-corrected chi connectivity index (χ0v) is 18.8. The zero-order valence-electron chi connectivity index (χ0n) is 18.8. The van der Waals surface area contributed by atoms with E-state index in [1.54, 1.807) is 0 Å². The molecule has 0 N–H and O–H groups in total. The molecule has 1 fully saturated rings. The van der Waals surface area contributed by atoms with E-state index in [-0.39, 0.29) is 0 Å². The van der Waals surface area contributed by atoms with Crippen molar-refractivity contribution in [2.24, 2.45) is 23.7 Å². The molecule has 0 radical (unpaired) electrons. The Morgan fingerprint density at radius 1 is 0.966 bits per heavy atom. The maximum atomic E-state index is 4.61. The number of hydrogen-bond donors (Lipinski definition) is 0. The molecule has 154 valence electrons. The van der Waals surface area contributed by atoms with E-state index < -0.39 is 0 Å². The fourth-order valence-corrected chi connectivity index (χ4v) is 5.64. The fraction of sp³-hybridized carbons (Fsp3) is 0.448. The average Bonchev–Trinajstić information content (AvgIpc) is 2.75. The van der Waals surface area contributed by atoms with Crippen molar-refractivity contribution in [3.05, 3.63) is 95.6 Å². The third-order valence-electron chi connectivity index (χ3n) is 7.37. The van der Waals surface area contributed by atoms with Crippen LogP contribution >= 0.6 is 0 Å². The summed E-state index contributed by atoms with van der Waals surface area (Å²) in [5.74, 6) is 3.04. The Bertz CT molecular complexity index is 811. The number of hydrogen-bond acceptors (Lipinski definition) is 0. The second-order valence-electron chi connectivity index (χ2n) is 9.06. The van der Waals surface area contributed by atoms with Crippen LogP contribution in [0.1, 0.15) is 62.6 Å². The van der Waals surface area contributed by atoms with Crippen LogP contribution in [-0.4, -0.2) is 0 Å². The molecule has 2 aromatic rings. The molecule has 0 aliphatic heterocycles. The number of rotatable bonds is 9. The van der Waals surface area contributed by atoms with Gasteiger partial charge in [-0.1, -0.05) is 112 Å². The van der Waals surface area contributed by atoms with E-state index in [4.69, 9.17) is 0 Å². The van der Waals surface area contributed by atoms with Gasteiger partial charge in [-0.15, -0.1) is 0 Å². The van der Waals surface area contributed by atoms with Crippen molar-refractivity contribution in [3.63, 3.8) is 0 Å². The topological polar surface area (TPSA) is 0 Å². The first-order valence-corrected chi connectivity index (χ1v) is 11.4. The predicted octanol–water partition coefficient (Wildman–Crippen LogP) is 8.14. The minimum Gasteiger partial charge on any atom is -0.0995 e. The van der Waals surface area contributed by atoms with E-state index in [2.05, 4.69) is 95.5 Å². The van der Waals surface area contributed by atoms with E-state index in [1.165, 1.54) is 40.7 Å². The Labute approximate surface area is 178 Å². The van der Waals surface area contributed by atoms with Gasteiger partial charge >= 0.3 is 0 Å². The molecule has 5 unspecified atom stereocenters. The second-order valence-corrected chi connectivity index (χ2v) is 9.06. The minimum absolute atomic E-state index is 0.545. The first-order valence-electron chi connectivity index (χ1n) is 11.4. The Balaban J connectivity index is 1.67. The van der Waals surface area contributed by atoms with Gasteiger partial charge in [-0.25, -0.2) is 0 Å². The summed E-state index contributed by atoms with van der Waals surface area (Å²) in [7, 11) is 0. The first kappa shape index (κ1) is 21.6. The Hall–Kier alpha value is -2.08. The van der Waals surface area contributed by atoms with Crippen molar-refractivity contribution in [3.8, 4) is 0 Å². The molecule has 1 saturated carbocycles. The molecule has 5 atom stereocenters.